The third-order valence-electron chi connectivity index (χ3n) is 4.23. The van der Waals surface area contributed by atoms with Crippen molar-refractivity contribution in [3.8, 4) is 0 Å². The molecule has 1 aromatic heterocycles. The molecule has 0 aliphatic carbocycles. The third-order valence-corrected chi connectivity index (χ3v) is 4.23. The van der Waals surface area contributed by atoms with E-state index in [1.165, 1.54) is 5.56 Å². The zero-order valence-corrected chi connectivity index (χ0v) is 14.5. The predicted octanol–water partition coefficient (Wildman–Crippen LogP) is 3.48. The van der Waals surface area contributed by atoms with Gasteiger partial charge in [-0.05, 0) is 30.4 Å². The van der Waals surface area contributed by atoms with Crippen LogP contribution >= 0.6 is 0 Å². The number of imidazole rings is 1. The van der Waals surface area contributed by atoms with E-state index < -0.39 is 5.97 Å². The first-order valence-corrected chi connectivity index (χ1v) is 8.47. The molecule has 6 heteroatoms. The Bertz CT molecular complexity index is 681. The maximum Gasteiger partial charge on any atom is 0.303 e. The highest BCUT2D eigenvalue weighted by Crippen LogP contribution is 2.30. The second-order valence-electron chi connectivity index (χ2n) is 5.88. The summed E-state index contributed by atoms with van der Waals surface area (Å²) in [6.45, 7) is 2.06. The van der Waals surface area contributed by atoms with Gasteiger partial charge in [-0.1, -0.05) is 37.3 Å². The van der Waals surface area contributed by atoms with E-state index in [2.05, 4.69) is 24.0 Å². The van der Waals surface area contributed by atoms with E-state index in [0.717, 1.165) is 18.4 Å². The van der Waals surface area contributed by atoms with Crippen LogP contribution in [0.1, 0.15) is 44.2 Å². The van der Waals surface area contributed by atoms with Gasteiger partial charge in [0.25, 0.3) is 0 Å². The number of rotatable bonds is 10. The Morgan fingerprint density at radius 1 is 1.32 bits per heavy atom. The Hall–Kier alpha value is -2.60. The fourth-order valence-electron chi connectivity index (χ4n) is 3.01. The van der Waals surface area contributed by atoms with Gasteiger partial charge in [0.1, 0.15) is 5.76 Å². The molecule has 3 N–H and O–H groups in total. The number of aromatic nitrogens is 2. The minimum Gasteiger partial charge on any atom is -0.481 e. The average molecular weight is 343 g/mol. The maximum absolute atomic E-state index is 10.8. The lowest BCUT2D eigenvalue weighted by molar-refractivity contribution is -0.137. The van der Waals surface area contributed by atoms with Crippen LogP contribution in [0.5, 0.6) is 0 Å². The van der Waals surface area contributed by atoms with E-state index >= 15 is 0 Å². The van der Waals surface area contributed by atoms with Crippen molar-refractivity contribution in [3.63, 3.8) is 0 Å². The Morgan fingerprint density at radius 3 is 2.64 bits per heavy atom. The fourth-order valence-corrected chi connectivity index (χ4v) is 3.01. The smallest absolute Gasteiger partial charge is 0.303 e. The summed E-state index contributed by atoms with van der Waals surface area (Å²) in [6.07, 6.45) is 8.10. The summed E-state index contributed by atoms with van der Waals surface area (Å²) >= 11 is 0. The molecule has 0 amide bonds. The van der Waals surface area contributed by atoms with Crippen LogP contribution in [-0.2, 0) is 16.1 Å². The quantitative estimate of drug-likeness (QED) is 0.509. The molecule has 25 heavy (non-hydrogen) atoms. The lowest BCUT2D eigenvalue weighted by Crippen LogP contribution is -2.17. The molecule has 0 radical (unpaired) electrons. The van der Waals surface area contributed by atoms with Gasteiger partial charge in [-0.2, -0.15) is 5.90 Å². The van der Waals surface area contributed by atoms with Crippen LogP contribution in [0.2, 0.25) is 0 Å². The number of hydrogen-bond donors (Lipinski definition) is 2. The van der Waals surface area contributed by atoms with Crippen molar-refractivity contribution in [2.75, 3.05) is 0 Å². The molecule has 0 aliphatic rings. The fraction of sp³-hybridized carbons (Fsp3) is 0.368. The van der Waals surface area contributed by atoms with Crippen LogP contribution in [-0.4, -0.2) is 20.6 Å². The summed E-state index contributed by atoms with van der Waals surface area (Å²) in [5.41, 5.74) is 2.27. The number of benzene rings is 1. The number of carboxylic acids is 1. The molecule has 1 aromatic carbocycles. The third kappa shape index (κ3) is 5.46. The molecule has 1 heterocycles. The molecule has 0 aliphatic heterocycles. The van der Waals surface area contributed by atoms with Gasteiger partial charge < -0.3 is 14.5 Å². The van der Waals surface area contributed by atoms with Crippen LogP contribution < -0.4 is 5.90 Å². The average Bonchev–Trinajstić information content (AvgIpc) is 3.15. The molecule has 1 atom stereocenters. The van der Waals surface area contributed by atoms with Gasteiger partial charge in [-0.25, -0.2) is 4.98 Å². The van der Waals surface area contributed by atoms with Gasteiger partial charge >= 0.3 is 5.97 Å². The van der Waals surface area contributed by atoms with Crippen LogP contribution in [0, 0.1) is 0 Å². The molecule has 1 unspecified atom stereocenters. The van der Waals surface area contributed by atoms with Crippen molar-refractivity contribution in [3.05, 3.63) is 65.9 Å². The van der Waals surface area contributed by atoms with Crippen molar-refractivity contribution in [2.45, 2.75) is 45.1 Å². The van der Waals surface area contributed by atoms with E-state index in [9.17, 15) is 4.79 Å². The number of nitrogens with two attached hydrogens (primary N) is 1. The Labute approximate surface area is 147 Å². The van der Waals surface area contributed by atoms with E-state index in [0.29, 0.717) is 18.6 Å². The van der Waals surface area contributed by atoms with Gasteiger partial charge in [0.2, 0.25) is 0 Å². The lowest BCUT2D eigenvalue weighted by Gasteiger charge is -2.24. The van der Waals surface area contributed by atoms with Crippen LogP contribution in [0.25, 0.3) is 0 Å². The van der Waals surface area contributed by atoms with Crippen LogP contribution in [0.15, 0.2) is 60.4 Å². The summed E-state index contributed by atoms with van der Waals surface area (Å²) in [5.74, 6) is 5.37. The predicted molar refractivity (Wildman–Crippen MR) is 95.5 cm³/mol. The number of aliphatic carboxylic acids is 1. The Kier molecular flexibility index (Phi) is 7.22. The maximum atomic E-state index is 10.8. The second-order valence-corrected chi connectivity index (χ2v) is 5.88. The lowest BCUT2D eigenvalue weighted by atomic mass is 9.94. The van der Waals surface area contributed by atoms with Crippen molar-refractivity contribution in [1.82, 2.24) is 9.55 Å². The van der Waals surface area contributed by atoms with Crippen molar-refractivity contribution < 1.29 is 14.7 Å². The number of carbonyl (C=O) groups is 1. The van der Waals surface area contributed by atoms with Gasteiger partial charge in [-0.3, -0.25) is 4.79 Å². The molecule has 0 saturated carbocycles. The standard InChI is InChI=1S/C19H25N3O3/c1-2-16(18(25-20)9-6-10-19(23)24)17(22-12-11-21-14-22)13-15-7-4-3-5-8-15/h3-5,7-8,11-12,14,17H,2,6,9-10,13,20H2,1H3,(H,23,24)/b18-16+. The minimum absolute atomic E-state index is 0.0262. The normalized spacial score (nSPS) is 13.2. The van der Waals surface area contributed by atoms with Crippen molar-refractivity contribution in [1.29, 1.82) is 0 Å². The first-order chi connectivity index (χ1) is 12.2. The molecule has 0 saturated heterocycles. The summed E-state index contributed by atoms with van der Waals surface area (Å²) in [7, 11) is 0. The first-order valence-electron chi connectivity index (χ1n) is 8.47. The number of nitrogens with zero attached hydrogens (tertiary/aromatic N) is 2. The first kappa shape index (κ1) is 18.7. The molecule has 0 bridgehead atoms. The summed E-state index contributed by atoms with van der Waals surface area (Å²) in [5, 5.41) is 8.85. The number of carboxylic acid groups (broad SMARTS) is 1. The molecule has 2 aromatic rings. The zero-order valence-electron chi connectivity index (χ0n) is 14.5. The van der Waals surface area contributed by atoms with E-state index in [-0.39, 0.29) is 12.5 Å². The number of allylic oxidation sites excluding steroid dienone is 2. The largest absolute Gasteiger partial charge is 0.481 e. The van der Waals surface area contributed by atoms with Crippen LogP contribution in [0.4, 0.5) is 0 Å². The van der Waals surface area contributed by atoms with Crippen molar-refractivity contribution >= 4 is 5.97 Å². The van der Waals surface area contributed by atoms with E-state index in [1.807, 2.05) is 29.0 Å². The molecule has 0 fully saturated rings. The molecular weight excluding hydrogens is 318 g/mol. The number of hydrogen-bond acceptors (Lipinski definition) is 4. The monoisotopic (exact) mass is 343 g/mol. The molecule has 0 spiro atoms. The highest BCUT2D eigenvalue weighted by molar-refractivity contribution is 5.66. The van der Waals surface area contributed by atoms with Gasteiger partial charge in [0.15, 0.2) is 0 Å². The van der Waals surface area contributed by atoms with Crippen molar-refractivity contribution in [2.24, 2.45) is 5.90 Å². The van der Waals surface area contributed by atoms with Crippen LogP contribution in [0.3, 0.4) is 0 Å². The molecule has 6 nitrogen and oxygen atoms in total. The van der Waals surface area contributed by atoms with Gasteiger partial charge in [0, 0.05) is 25.2 Å². The second kappa shape index (κ2) is 9.64. The van der Waals surface area contributed by atoms with Gasteiger partial charge in [0.05, 0.1) is 12.4 Å². The highest BCUT2D eigenvalue weighted by atomic mass is 16.6. The summed E-state index contributed by atoms with van der Waals surface area (Å²) in [4.78, 5) is 20.1. The van der Waals surface area contributed by atoms with E-state index in [1.54, 1.807) is 12.5 Å². The summed E-state index contributed by atoms with van der Waals surface area (Å²) in [6, 6.07) is 10.2. The summed E-state index contributed by atoms with van der Waals surface area (Å²) < 4.78 is 2.04. The molecule has 134 valence electrons. The SMILES string of the molecule is CC/C(=C(/CCCC(=O)O)ON)C(Cc1ccccc1)n1ccnc1. The van der Waals surface area contributed by atoms with Gasteiger partial charge in [-0.15, -0.1) is 0 Å². The molecular formula is C19H25N3O3. The highest BCUT2D eigenvalue weighted by Gasteiger charge is 2.20. The molecule has 2 rings (SSSR count). The van der Waals surface area contributed by atoms with E-state index in [4.69, 9.17) is 15.8 Å². The Balaban J connectivity index is 2.30. The zero-order chi connectivity index (χ0) is 18.1. The minimum atomic E-state index is -0.815. The Morgan fingerprint density at radius 2 is 2.08 bits per heavy atom. The topological polar surface area (TPSA) is 90.4 Å².